The van der Waals surface area contributed by atoms with E-state index in [9.17, 15) is 9.59 Å². The quantitative estimate of drug-likeness (QED) is 0.284. The largest absolute Gasteiger partial charge is 0.449 e. The van der Waals surface area contributed by atoms with Crippen LogP contribution in [-0.2, 0) is 16.0 Å². The Morgan fingerprint density at radius 3 is 2.58 bits per heavy atom. The Hall–Kier alpha value is -4.45. The van der Waals surface area contributed by atoms with Gasteiger partial charge in [0.25, 0.3) is 5.91 Å². The zero-order chi connectivity index (χ0) is 24.6. The average Bonchev–Trinajstić information content (AvgIpc) is 3.55. The van der Waals surface area contributed by atoms with Crippen molar-refractivity contribution in [2.75, 3.05) is 11.4 Å². The maximum Gasteiger partial charge on any atom is 0.339 e. The molecule has 0 saturated heterocycles. The Morgan fingerprint density at radius 1 is 0.972 bits per heavy atom. The Morgan fingerprint density at radius 2 is 1.75 bits per heavy atom. The van der Waals surface area contributed by atoms with Crippen LogP contribution < -0.4 is 4.90 Å². The van der Waals surface area contributed by atoms with Crippen LogP contribution in [0.5, 0.6) is 0 Å². The minimum atomic E-state index is -0.879. The van der Waals surface area contributed by atoms with E-state index in [4.69, 9.17) is 9.15 Å². The molecule has 2 heterocycles. The van der Waals surface area contributed by atoms with Crippen molar-refractivity contribution in [2.45, 2.75) is 25.9 Å². The fraction of sp³-hybridized carbons (Fsp3) is 0.167. The van der Waals surface area contributed by atoms with Crippen molar-refractivity contribution >= 4 is 39.4 Å². The summed E-state index contributed by atoms with van der Waals surface area (Å²) in [6, 6.07) is 26.6. The molecule has 0 spiro atoms. The van der Waals surface area contributed by atoms with Crippen molar-refractivity contribution in [2.24, 2.45) is 0 Å². The topological polar surface area (TPSA) is 72.6 Å². The molecule has 5 aromatic rings. The number of nitrogens with zero attached hydrogens (tertiary/aromatic N) is 2. The number of carbonyl (C=O) groups is 2. The number of hydrogen-bond donors (Lipinski definition) is 0. The number of hydrogen-bond acceptors (Lipinski definition) is 5. The number of carbonyl (C=O) groups excluding carboxylic acids is 2. The summed E-state index contributed by atoms with van der Waals surface area (Å²) in [5, 5.41) is 1.54. The predicted molar refractivity (Wildman–Crippen MR) is 139 cm³/mol. The molecule has 1 aliphatic rings. The lowest BCUT2D eigenvalue weighted by Crippen LogP contribution is -2.40. The van der Waals surface area contributed by atoms with Crippen molar-refractivity contribution in [3.8, 4) is 11.5 Å². The fourth-order valence-electron chi connectivity index (χ4n) is 4.92. The maximum atomic E-state index is 13.5. The van der Waals surface area contributed by atoms with E-state index in [2.05, 4.69) is 4.98 Å². The highest BCUT2D eigenvalue weighted by Crippen LogP contribution is 2.34. The SMILES string of the molecule is CCC(OC(=O)c1cccc2cccc(-c3nc4ccccc4o3)c12)C(=O)N1CCc2ccccc21. The van der Waals surface area contributed by atoms with Crippen LogP contribution in [-0.4, -0.2) is 29.5 Å². The van der Waals surface area contributed by atoms with Crippen LogP contribution in [0.25, 0.3) is 33.3 Å². The second kappa shape index (κ2) is 8.96. The molecule has 1 atom stereocenters. The lowest BCUT2D eigenvalue weighted by Gasteiger charge is -2.23. The van der Waals surface area contributed by atoms with Crippen LogP contribution in [0.4, 0.5) is 5.69 Å². The Kier molecular flexibility index (Phi) is 5.49. The minimum absolute atomic E-state index is 0.199. The van der Waals surface area contributed by atoms with E-state index in [1.807, 2.05) is 85.8 Å². The number of esters is 1. The van der Waals surface area contributed by atoms with Crippen LogP contribution in [0.2, 0.25) is 0 Å². The molecule has 6 nitrogen and oxygen atoms in total. The highest BCUT2D eigenvalue weighted by Gasteiger charge is 2.32. The van der Waals surface area contributed by atoms with Crippen molar-refractivity contribution in [1.82, 2.24) is 4.98 Å². The molecule has 1 unspecified atom stereocenters. The first-order valence-electron chi connectivity index (χ1n) is 12.1. The third kappa shape index (κ3) is 3.71. The Bertz CT molecular complexity index is 1580. The maximum absolute atomic E-state index is 13.5. The Labute approximate surface area is 208 Å². The molecular formula is C30H24N2O4. The minimum Gasteiger partial charge on any atom is -0.449 e. The van der Waals surface area contributed by atoms with Crippen molar-refractivity contribution < 1.29 is 18.7 Å². The molecule has 178 valence electrons. The molecule has 0 N–H and O–H groups in total. The van der Waals surface area contributed by atoms with E-state index >= 15 is 0 Å². The predicted octanol–water partition coefficient (Wildman–Crippen LogP) is 6.17. The van der Waals surface area contributed by atoms with Gasteiger partial charge in [0.05, 0.1) is 5.56 Å². The van der Waals surface area contributed by atoms with E-state index in [1.54, 1.807) is 11.0 Å². The van der Waals surface area contributed by atoms with Crippen molar-refractivity contribution in [1.29, 1.82) is 0 Å². The van der Waals surface area contributed by atoms with Gasteiger partial charge in [0.1, 0.15) is 5.52 Å². The van der Waals surface area contributed by atoms with Gasteiger partial charge in [-0.25, -0.2) is 9.78 Å². The molecule has 36 heavy (non-hydrogen) atoms. The lowest BCUT2D eigenvalue weighted by atomic mass is 9.99. The summed E-state index contributed by atoms with van der Waals surface area (Å²) in [5.74, 6) is -0.314. The zero-order valence-electron chi connectivity index (χ0n) is 19.8. The van der Waals surface area contributed by atoms with Gasteiger partial charge < -0.3 is 14.1 Å². The van der Waals surface area contributed by atoms with Crippen molar-refractivity contribution in [3.63, 3.8) is 0 Å². The molecule has 6 rings (SSSR count). The molecule has 0 radical (unpaired) electrons. The van der Waals surface area contributed by atoms with E-state index in [0.717, 1.165) is 28.6 Å². The second-order valence-corrected chi connectivity index (χ2v) is 8.87. The van der Waals surface area contributed by atoms with Gasteiger partial charge in [0.2, 0.25) is 5.89 Å². The smallest absolute Gasteiger partial charge is 0.339 e. The van der Waals surface area contributed by atoms with Gasteiger partial charge >= 0.3 is 5.97 Å². The standard InChI is InChI=1S/C30H24N2O4/c1-2-25(29(33)32-18-17-19-9-3-5-15-24(19)32)36-30(34)22-13-8-11-20-10-7-12-21(27(20)22)28-31-23-14-4-6-16-26(23)35-28/h3-16,25H,2,17-18H2,1H3. The number of ether oxygens (including phenoxy) is 1. The first-order valence-corrected chi connectivity index (χ1v) is 12.1. The monoisotopic (exact) mass is 476 g/mol. The van der Waals surface area contributed by atoms with Gasteiger partial charge in [0.15, 0.2) is 11.7 Å². The van der Waals surface area contributed by atoms with Crippen LogP contribution in [0.3, 0.4) is 0 Å². The number of anilines is 1. The van der Waals surface area contributed by atoms with E-state index in [1.165, 1.54) is 0 Å². The lowest BCUT2D eigenvalue weighted by molar-refractivity contribution is -0.127. The summed E-state index contributed by atoms with van der Waals surface area (Å²) < 4.78 is 11.9. The van der Waals surface area contributed by atoms with E-state index < -0.39 is 12.1 Å². The average molecular weight is 477 g/mol. The van der Waals surface area contributed by atoms with Gasteiger partial charge in [-0.2, -0.15) is 0 Å². The molecule has 0 fully saturated rings. The number of fused-ring (bicyclic) bond motifs is 3. The highest BCUT2D eigenvalue weighted by molar-refractivity contribution is 6.11. The first-order chi connectivity index (χ1) is 17.6. The van der Waals surface area contributed by atoms with Crippen LogP contribution >= 0.6 is 0 Å². The zero-order valence-corrected chi connectivity index (χ0v) is 19.8. The number of oxazole rings is 1. The summed E-state index contributed by atoms with van der Waals surface area (Å²) in [5.41, 5.74) is 4.51. The third-order valence-electron chi connectivity index (χ3n) is 6.70. The summed E-state index contributed by atoms with van der Waals surface area (Å²) in [6.45, 7) is 2.44. The molecule has 4 aromatic carbocycles. The Balaban J connectivity index is 1.35. The summed E-state index contributed by atoms with van der Waals surface area (Å²) in [7, 11) is 0. The van der Waals surface area contributed by atoms with E-state index in [0.29, 0.717) is 41.0 Å². The van der Waals surface area contributed by atoms with Crippen LogP contribution in [0.1, 0.15) is 29.3 Å². The van der Waals surface area contributed by atoms with Gasteiger partial charge in [-0.15, -0.1) is 0 Å². The molecule has 6 heteroatoms. The number of amides is 1. The van der Waals surface area contributed by atoms with Gasteiger partial charge in [-0.05, 0) is 54.1 Å². The third-order valence-corrected chi connectivity index (χ3v) is 6.70. The van der Waals surface area contributed by atoms with E-state index in [-0.39, 0.29) is 5.91 Å². The van der Waals surface area contributed by atoms with Gasteiger partial charge in [-0.1, -0.05) is 61.5 Å². The highest BCUT2D eigenvalue weighted by atomic mass is 16.5. The van der Waals surface area contributed by atoms with Gasteiger partial charge in [0, 0.05) is 23.2 Å². The molecule has 0 aliphatic carbocycles. The normalized spacial score (nSPS) is 13.6. The number of rotatable bonds is 5. The fourth-order valence-corrected chi connectivity index (χ4v) is 4.92. The molecule has 1 aliphatic heterocycles. The molecule has 0 bridgehead atoms. The second-order valence-electron chi connectivity index (χ2n) is 8.87. The summed E-state index contributed by atoms with van der Waals surface area (Å²) >= 11 is 0. The van der Waals surface area contributed by atoms with Crippen molar-refractivity contribution in [3.05, 3.63) is 96.1 Å². The summed E-state index contributed by atoms with van der Waals surface area (Å²) in [4.78, 5) is 33.2. The van der Waals surface area contributed by atoms with Gasteiger partial charge in [-0.3, -0.25) is 4.79 Å². The molecule has 1 aromatic heterocycles. The molecule has 1 amide bonds. The molecular weight excluding hydrogens is 452 g/mol. The number of aromatic nitrogens is 1. The first kappa shape index (κ1) is 22.0. The van der Waals surface area contributed by atoms with Crippen LogP contribution in [0.15, 0.2) is 89.3 Å². The summed E-state index contributed by atoms with van der Waals surface area (Å²) in [6.07, 6.45) is 0.297. The molecule has 0 saturated carbocycles. The number of benzene rings is 4. The number of para-hydroxylation sites is 3. The van der Waals surface area contributed by atoms with Crippen LogP contribution in [0, 0.1) is 0 Å².